The van der Waals surface area contributed by atoms with Crippen LogP contribution in [0.1, 0.15) is 80.5 Å². The van der Waals surface area contributed by atoms with Gasteiger partial charge in [-0.05, 0) is 55.5 Å². The van der Waals surface area contributed by atoms with Crippen LogP contribution in [0.3, 0.4) is 0 Å². The second kappa shape index (κ2) is 15.3. The number of carbonyl (C=O) groups is 2. The van der Waals surface area contributed by atoms with Crippen molar-refractivity contribution in [2.45, 2.75) is 82.5 Å². The average molecular weight is 555 g/mol. The molecule has 40 heavy (non-hydrogen) atoms. The molecule has 218 valence electrons. The van der Waals surface area contributed by atoms with Gasteiger partial charge in [0.1, 0.15) is 0 Å². The summed E-state index contributed by atoms with van der Waals surface area (Å²) in [5.41, 5.74) is 3.49. The Bertz CT molecular complexity index is 1080. The molecule has 0 aromatic heterocycles. The van der Waals surface area contributed by atoms with Crippen LogP contribution < -0.4 is 5.32 Å². The lowest BCUT2D eigenvalue weighted by atomic mass is 9.99. The monoisotopic (exact) mass is 554 g/mol. The van der Waals surface area contributed by atoms with Crippen LogP contribution in [0, 0.1) is 0 Å². The largest absolute Gasteiger partial charge is 0.481 e. The molecule has 2 aromatic rings. The summed E-state index contributed by atoms with van der Waals surface area (Å²) in [5.74, 6) is -0.894. The number of carboxylic acids is 1. The van der Waals surface area contributed by atoms with Crippen LogP contribution in [0.15, 0.2) is 48.5 Å². The summed E-state index contributed by atoms with van der Waals surface area (Å²) in [6.45, 7) is 2.56. The Kier molecular flexibility index (Phi) is 11.5. The van der Waals surface area contributed by atoms with Crippen molar-refractivity contribution in [2.75, 3.05) is 32.1 Å². The van der Waals surface area contributed by atoms with Crippen molar-refractivity contribution in [2.24, 2.45) is 0 Å². The number of carbonyl (C=O) groups excluding carboxylic acids is 1. The molecule has 1 amide bonds. The van der Waals surface area contributed by atoms with Gasteiger partial charge in [0.05, 0.1) is 25.4 Å². The fourth-order valence-electron chi connectivity index (χ4n) is 5.50. The number of nitrogens with one attached hydrogen (secondary N) is 1. The summed E-state index contributed by atoms with van der Waals surface area (Å²) in [6.07, 6.45) is 4.72. The summed E-state index contributed by atoms with van der Waals surface area (Å²) in [6, 6.07) is 15.8. The van der Waals surface area contributed by atoms with Crippen molar-refractivity contribution in [1.82, 2.24) is 4.90 Å². The van der Waals surface area contributed by atoms with Crippen molar-refractivity contribution in [3.8, 4) is 0 Å². The van der Waals surface area contributed by atoms with Crippen molar-refractivity contribution < 1.29 is 34.0 Å². The molecule has 3 N–H and O–H groups in total. The zero-order chi connectivity index (χ0) is 28.3. The third kappa shape index (κ3) is 8.84. The number of anilines is 1. The van der Waals surface area contributed by atoms with Crippen LogP contribution >= 0.6 is 0 Å². The Morgan fingerprint density at radius 1 is 1.00 bits per heavy atom. The van der Waals surface area contributed by atoms with Crippen LogP contribution in [0.4, 0.5) is 5.69 Å². The maximum atomic E-state index is 12.3. The van der Waals surface area contributed by atoms with Crippen molar-refractivity contribution in [1.29, 1.82) is 0 Å². The molecule has 9 heteroatoms. The molecule has 4 atom stereocenters. The van der Waals surface area contributed by atoms with Crippen LogP contribution in [-0.4, -0.2) is 65.9 Å². The number of methoxy groups -OCH3 is 1. The van der Waals surface area contributed by atoms with Gasteiger partial charge in [-0.1, -0.05) is 42.8 Å². The first-order valence-electron chi connectivity index (χ1n) is 14.3. The quantitative estimate of drug-likeness (QED) is 0.285. The van der Waals surface area contributed by atoms with Gasteiger partial charge in [-0.2, -0.15) is 0 Å². The van der Waals surface area contributed by atoms with E-state index in [2.05, 4.69) is 10.2 Å². The van der Waals surface area contributed by atoms with Gasteiger partial charge in [0, 0.05) is 50.2 Å². The molecule has 0 unspecified atom stereocenters. The lowest BCUT2D eigenvalue weighted by Gasteiger charge is -2.38. The maximum absolute atomic E-state index is 12.3. The number of unbranched alkanes of at least 4 members (excludes halogenated alkanes) is 2. The summed E-state index contributed by atoms with van der Waals surface area (Å²) < 4.78 is 18.4. The Balaban J connectivity index is 1.39. The number of aliphatic hydroxyl groups is 1. The van der Waals surface area contributed by atoms with E-state index in [1.54, 1.807) is 7.11 Å². The number of amides is 1. The average Bonchev–Trinajstić information content (AvgIpc) is 3.39. The van der Waals surface area contributed by atoms with E-state index in [-0.39, 0.29) is 31.1 Å². The minimum atomic E-state index is -0.806. The molecule has 0 bridgehead atoms. The zero-order valence-corrected chi connectivity index (χ0v) is 23.3. The molecule has 0 aliphatic carbocycles. The van der Waals surface area contributed by atoms with Crippen LogP contribution in [-0.2, 0) is 30.4 Å². The number of likely N-dealkylation sites (tertiary alicyclic amines) is 1. The van der Waals surface area contributed by atoms with Gasteiger partial charge in [0.25, 0.3) is 0 Å². The Morgan fingerprint density at radius 3 is 2.42 bits per heavy atom. The molecular weight excluding hydrogens is 512 g/mol. The molecule has 0 radical (unpaired) electrons. The predicted octanol–water partition coefficient (Wildman–Crippen LogP) is 4.81. The Hall–Kier alpha value is -2.82. The fourth-order valence-corrected chi connectivity index (χ4v) is 5.50. The van der Waals surface area contributed by atoms with E-state index >= 15 is 0 Å². The third-order valence-corrected chi connectivity index (χ3v) is 7.67. The van der Waals surface area contributed by atoms with Gasteiger partial charge in [-0.3, -0.25) is 14.5 Å². The highest BCUT2D eigenvalue weighted by Crippen LogP contribution is 2.39. The highest BCUT2D eigenvalue weighted by atomic mass is 16.7. The molecule has 4 rings (SSSR count). The van der Waals surface area contributed by atoms with Crippen molar-refractivity contribution in [3.05, 3.63) is 65.2 Å². The number of aliphatic carboxylic acids is 1. The van der Waals surface area contributed by atoms with Gasteiger partial charge in [-0.25, -0.2) is 0 Å². The SMILES string of the molecule is COC[C@@H]1CCCN1C[C@H]1C[C@@H](c2ccc(CO)cc2)O[C@@H](c2ccc(NC(=O)CCCCCC(=O)O)cc2)O1. The standard InChI is InChI=1S/C31H42N2O7/c1-38-21-26-6-5-17-33(26)19-27-18-28(23-11-9-22(20-34)10-12-23)40-31(39-27)24-13-15-25(16-14-24)32-29(35)7-3-2-4-8-30(36)37/h9-16,26-28,31,34H,2-8,17-21H2,1H3,(H,32,35)(H,36,37)/t26-,27+,28-,31-/m0/s1. The van der Waals surface area contributed by atoms with E-state index in [9.17, 15) is 14.7 Å². The van der Waals surface area contributed by atoms with Gasteiger partial charge in [0.15, 0.2) is 6.29 Å². The van der Waals surface area contributed by atoms with Gasteiger partial charge < -0.3 is 29.7 Å². The smallest absolute Gasteiger partial charge is 0.303 e. The van der Waals surface area contributed by atoms with Crippen LogP contribution in [0.2, 0.25) is 0 Å². The van der Waals surface area contributed by atoms with Gasteiger partial charge in [0.2, 0.25) is 5.91 Å². The number of rotatable bonds is 14. The number of aliphatic hydroxyl groups excluding tert-OH is 1. The topological polar surface area (TPSA) is 118 Å². The zero-order valence-electron chi connectivity index (χ0n) is 23.3. The van der Waals surface area contributed by atoms with E-state index in [1.165, 1.54) is 0 Å². The second-order valence-electron chi connectivity index (χ2n) is 10.7. The van der Waals surface area contributed by atoms with Gasteiger partial charge in [-0.15, -0.1) is 0 Å². The van der Waals surface area contributed by atoms with E-state index < -0.39 is 12.3 Å². The number of ether oxygens (including phenoxy) is 3. The normalized spacial score (nSPS) is 23.2. The molecule has 2 aliphatic rings. The van der Waals surface area contributed by atoms with Crippen molar-refractivity contribution >= 4 is 17.6 Å². The van der Waals surface area contributed by atoms with E-state index in [4.69, 9.17) is 19.3 Å². The molecular formula is C31H42N2O7. The molecule has 0 saturated carbocycles. The second-order valence-corrected chi connectivity index (χ2v) is 10.7. The lowest BCUT2D eigenvalue weighted by Crippen LogP contribution is -2.42. The van der Waals surface area contributed by atoms with Gasteiger partial charge >= 0.3 is 5.97 Å². The molecule has 2 fully saturated rings. The number of hydrogen-bond donors (Lipinski definition) is 3. The first-order valence-corrected chi connectivity index (χ1v) is 14.3. The number of nitrogens with zero attached hydrogens (tertiary/aromatic N) is 1. The molecule has 0 spiro atoms. The molecule has 2 saturated heterocycles. The van der Waals surface area contributed by atoms with Crippen LogP contribution in [0.25, 0.3) is 0 Å². The maximum Gasteiger partial charge on any atom is 0.303 e. The fraction of sp³-hybridized carbons (Fsp3) is 0.548. The Labute approximate surface area is 236 Å². The van der Waals surface area contributed by atoms with E-state index in [0.717, 1.165) is 49.0 Å². The van der Waals surface area contributed by atoms with Crippen LogP contribution in [0.5, 0.6) is 0 Å². The molecule has 2 aromatic carbocycles. The highest BCUT2D eigenvalue weighted by molar-refractivity contribution is 5.90. The van der Waals surface area contributed by atoms with E-state index in [0.29, 0.717) is 44.0 Å². The highest BCUT2D eigenvalue weighted by Gasteiger charge is 2.35. The molecule has 2 heterocycles. The number of carboxylic acid groups (broad SMARTS) is 1. The molecule has 9 nitrogen and oxygen atoms in total. The number of benzene rings is 2. The summed E-state index contributed by atoms with van der Waals surface area (Å²) in [4.78, 5) is 25.4. The number of hydrogen-bond acceptors (Lipinski definition) is 7. The minimum Gasteiger partial charge on any atom is -0.481 e. The lowest BCUT2D eigenvalue weighted by molar-refractivity contribution is -0.253. The molecule has 2 aliphatic heterocycles. The van der Waals surface area contributed by atoms with E-state index in [1.807, 2.05) is 48.5 Å². The first-order chi connectivity index (χ1) is 19.4. The summed E-state index contributed by atoms with van der Waals surface area (Å²) in [7, 11) is 1.75. The predicted molar refractivity (Wildman–Crippen MR) is 151 cm³/mol. The first kappa shape index (κ1) is 30.1. The van der Waals surface area contributed by atoms with Crippen molar-refractivity contribution in [3.63, 3.8) is 0 Å². The Morgan fingerprint density at radius 2 is 1.73 bits per heavy atom. The summed E-state index contributed by atoms with van der Waals surface area (Å²) in [5, 5.41) is 21.1. The minimum absolute atomic E-state index is 0.00359. The third-order valence-electron chi connectivity index (χ3n) is 7.67. The summed E-state index contributed by atoms with van der Waals surface area (Å²) >= 11 is 0.